The lowest BCUT2D eigenvalue weighted by molar-refractivity contribution is -0.172. The van der Waals surface area contributed by atoms with Crippen LogP contribution in [0, 0.1) is 0 Å². The summed E-state index contributed by atoms with van der Waals surface area (Å²) in [7, 11) is 0. The smallest absolute Gasteiger partial charge is 0.331 e. The third-order valence-corrected chi connectivity index (χ3v) is 10.9. The first-order chi connectivity index (χ1) is 31.9. The number of unbranched alkanes of at least 4 members (excludes halogenated alkanes) is 9. The number of carbonyl (C=O) groups is 11. The van der Waals surface area contributed by atoms with Gasteiger partial charge in [0.25, 0.3) is 0 Å². The Balaban J connectivity index is 3.72. The van der Waals surface area contributed by atoms with Crippen molar-refractivity contribution < 1.29 is 83.0 Å². The van der Waals surface area contributed by atoms with Gasteiger partial charge in [-0.3, -0.25) is 47.9 Å². The number of esters is 1. The molecule has 9 amide bonds. The van der Waals surface area contributed by atoms with Crippen LogP contribution in [0.4, 0.5) is 0 Å². The highest BCUT2D eigenvalue weighted by Gasteiger charge is 2.41. The van der Waals surface area contributed by atoms with Crippen molar-refractivity contribution in [3.8, 4) is 0 Å². The average molecular weight is 974 g/mol. The van der Waals surface area contributed by atoms with Gasteiger partial charge in [0, 0.05) is 0 Å². The summed E-state index contributed by atoms with van der Waals surface area (Å²) in [6, 6.07) is -13.5. The summed E-state index contributed by atoms with van der Waals surface area (Å²) in [6.07, 6.45) is 1.88. The maximum Gasteiger partial charge on any atom is 0.331 e. The molecular formula is C42H71N9O17. The van der Waals surface area contributed by atoms with Crippen LogP contribution in [0.15, 0.2) is 0 Å². The first-order valence-corrected chi connectivity index (χ1v) is 22.6. The molecule has 1 fully saturated rings. The van der Waals surface area contributed by atoms with Crippen molar-refractivity contribution in [2.45, 2.75) is 184 Å². The third kappa shape index (κ3) is 22.2. The maximum absolute atomic E-state index is 13.7. The Labute approximate surface area is 393 Å². The Morgan fingerprint density at radius 1 is 0.632 bits per heavy atom. The van der Waals surface area contributed by atoms with E-state index in [1.54, 1.807) is 0 Å². The van der Waals surface area contributed by atoms with E-state index in [0.29, 0.717) is 12.8 Å². The van der Waals surface area contributed by atoms with Crippen LogP contribution in [0.25, 0.3) is 0 Å². The molecule has 1 rings (SSSR count). The number of nitrogens with one attached hydrogen (secondary N) is 7. The standard InChI is InChI=1S/C42H71N9O17/c1-5-6-7-8-9-10-11-12-13-14-15-42(4,67)29-19-32(57)46-27(20-52)39(64)45-22(2)35(60)47-26(18-33(58)59)38(63)49-24(16-30(43)55)36(61)48-25(17-31(44)56)37(62)50-28(21-53)40(65)51-34(23(3)54)41(66)68-29/h22-29,34,52-54,67H,5-21H2,1-4H3,(H2,43,55)(H2,44,56)(H,45,64)(H,46,57)(H,47,60)(H,48,61)(H,49,63)(H,50,62)(H,51,65)(H,58,59)/t22-,23-,24+,25+,26+,27-,28+,29+,34-,42-/m1/s1. The normalized spacial score (nSPS) is 25.8. The summed E-state index contributed by atoms with van der Waals surface area (Å²) in [5, 5.41) is 66.7. The molecule has 10 atom stereocenters. The fraction of sp³-hybridized carbons (Fsp3) is 0.738. The highest BCUT2D eigenvalue weighted by molar-refractivity contribution is 6.00. The van der Waals surface area contributed by atoms with Gasteiger partial charge in [-0.1, -0.05) is 71.1 Å². The fourth-order valence-electron chi connectivity index (χ4n) is 6.87. The van der Waals surface area contributed by atoms with E-state index < -0.39 is 164 Å². The van der Waals surface area contributed by atoms with E-state index in [-0.39, 0.29) is 6.42 Å². The molecule has 16 N–H and O–H groups in total. The highest BCUT2D eigenvalue weighted by atomic mass is 16.6. The number of carboxylic acid groups (broad SMARTS) is 1. The summed E-state index contributed by atoms with van der Waals surface area (Å²) in [4.78, 5) is 143. The third-order valence-electron chi connectivity index (χ3n) is 10.9. The zero-order valence-electron chi connectivity index (χ0n) is 39.0. The summed E-state index contributed by atoms with van der Waals surface area (Å²) < 4.78 is 5.58. The number of rotatable bonds is 21. The average Bonchev–Trinajstić information content (AvgIpc) is 3.24. The zero-order chi connectivity index (χ0) is 51.7. The molecule has 0 aliphatic carbocycles. The van der Waals surface area contributed by atoms with E-state index in [0.717, 1.165) is 58.8 Å². The number of carbonyl (C=O) groups excluding carboxylic acids is 10. The van der Waals surface area contributed by atoms with Gasteiger partial charge in [0.1, 0.15) is 42.4 Å². The molecule has 0 saturated carbocycles. The second-order valence-electron chi connectivity index (χ2n) is 17.0. The number of aliphatic hydroxyl groups is 4. The number of ether oxygens (including phenoxy) is 1. The molecule has 0 aromatic rings. The van der Waals surface area contributed by atoms with Crippen LogP contribution in [-0.2, 0) is 57.5 Å². The van der Waals surface area contributed by atoms with Crippen LogP contribution in [-0.4, -0.2) is 164 Å². The van der Waals surface area contributed by atoms with Crippen LogP contribution in [0.2, 0.25) is 0 Å². The van der Waals surface area contributed by atoms with Crippen molar-refractivity contribution in [1.29, 1.82) is 0 Å². The van der Waals surface area contributed by atoms with Crippen molar-refractivity contribution in [2.24, 2.45) is 11.5 Å². The SMILES string of the molecule is CCCCCCCCCCCC[C@@](C)(O)[C@@H]1CC(=O)N[C@H](CO)C(=O)N[C@H](C)C(=O)N[C@@H](CC(=O)O)C(=O)N[C@@H](CC(N)=O)C(=O)N[C@@H](CC(N)=O)C(=O)N[C@@H](CO)C(=O)N[C@H]([C@@H](C)O)C(=O)O1. The number of primary amides is 2. The molecule has 0 aromatic heterocycles. The number of aliphatic carboxylic acids is 1. The first kappa shape index (κ1) is 60.0. The van der Waals surface area contributed by atoms with Crippen molar-refractivity contribution >= 4 is 65.1 Å². The number of hydrogen-bond acceptors (Lipinski definition) is 16. The largest absolute Gasteiger partial charge is 0.481 e. The van der Waals surface area contributed by atoms with Crippen LogP contribution < -0.4 is 48.7 Å². The molecule has 0 aromatic carbocycles. The van der Waals surface area contributed by atoms with Crippen LogP contribution >= 0.6 is 0 Å². The second kappa shape index (κ2) is 30.4. The summed E-state index contributed by atoms with van der Waals surface area (Å²) in [6.45, 7) is 3.25. The highest BCUT2D eigenvalue weighted by Crippen LogP contribution is 2.25. The lowest BCUT2D eigenvalue weighted by atomic mass is 9.89. The molecule has 1 aliphatic heterocycles. The van der Waals surface area contributed by atoms with Gasteiger partial charge < -0.3 is 79.0 Å². The molecule has 0 bridgehead atoms. The first-order valence-electron chi connectivity index (χ1n) is 22.6. The topological polar surface area (TPSA) is 434 Å². The number of hydrogen-bond donors (Lipinski definition) is 14. The lowest BCUT2D eigenvalue weighted by Crippen LogP contribution is -2.61. The molecule has 386 valence electrons. The van der Waals surface area contributed by atoms with E-state index in [9.17, 15) is 78.3 Å². The summed E-state index contributed by atoms with van der Waals surface area (Å²) in [5.74, 6) is -14.5. The fourth-order valence-corrected chi connectivity index (χ4v) is 6.87. The van der Waals surface area contributed by atoms with Gasteiger partial charge in [-0.2, -0.15) is 0 Å². The van der Waals surface area contributed by atoms with E-state index in [1.807, 2.05) is 16.0 Å². The Bertz CT molecular complexity index is 1760. The van der Waals surface area contributed by atoms with Gasteiger partial charge in [0.2, 0.25) is 53.2 Å². The van der Waals surface area contributed by atoms with Crippen LogP contribution in [0.5, 0.6) is 0 Å². The van der Waals surface area contributed by atoms with E-state index in [2.05, 4.69) is 28.2 Å². The predicted molar refractivity (Wildman–Crippen MR) is 236 cm³/mol. The lowest BCUT2D eigenvalue weighted by Gasteiger charge is -2.34. The van der Waals surface area contributed by atoms with E-state index in [4.69, 9.17) is 16.2 Å². The minimum atomic E-state index is -2.02. The van der Waals surface area contributed by atoms with Crippen molar-refractivity contribution in [3.63, 3.8) is 0 Å². The van der Waals surface area contributed by atoms with Gasteiger partial charge in [0.05, 0.1) is 50.6 Å². The Morgan fingerprint density at radius 2 is 1.03 bits per heavy atom. The molecule has 0 spiro atoms. The summed E-state index contributed by atoms with van der Waals surface area (Å²) >= 11 is 0. The van der Waals surface area contributed by atoms with E-state index in [1.165, 1.54) is 13.3 Å². The van der Waals surface area contributed by atoms with Gasteiger partial charge in [0.15, 0.2) is 6.04 Å². The number of nitrogens with two attached hydrogens (primary N) is 2. The van der Waals surface area contributed by atoms with Crippen LogP contribution in [0.3, 0.4) is 0 Å². The Hall–Kier alpha value is -5.99. The minimum Gasteiger partial charge on any atom is -0.481 e. The molecule has 0 unspecified atom stereocenters. The van der Waals surface area contributed by atoms with Crippen LogP contribution in [0.1, 0.15) is 124 Å². The summed E-state index contributed by atoms with van der Waals surface area (Å²) in [5.41, 5.74) is 8.55. The molecule has 1 heterocycles. The van der Waals surface area contributed by atoms with Gasteiger partial charge >= 0.3 is 11.9 Å². The van der Waals surface area contributed by atoms with Gasteiger partial charge in [-0.25, -0.2) is 4.79 Å². The number of amides is 9. The second-order valence-corrected chi connectivity index (χ2v) is 17.0. The van der Waals surface area contributed by atoms with Gasteiger partial charge in [-0.15, -0.1) is 0 Å². The number of cyclic esters (lactones) is 1. The van der Waals surface area contributed by atoms with Crippen molar-refractivity contribution in [3.05, 3.63) is 0 Å². The molecule has 26 heteroatoms. The quantitative estimate of drug-likeness (QED) is 0.0380. The van der Waals surface area contributed by atoms with Gasteiger partial charge in [-0.05, 0) is 27.2 Å². The number of aliphatic hydroxyl groups excluding tert-OH is 3. The van der Waals surface area contributed by atoms with E-state index >= 15 is 0 Å². The monoisotopic (exact) mass is 973 g/mol. The zero-order valence-corrected chi connectivity index (χ0v) is 39.0. The van der Waals surface area contributed by atoms with Crippen molar-refractivity contribution in [2.75, 3.05) is 13.2 Å². The molecule has 0 radical (unpaired) electrons. The molecule has 1 saturated heterocycles. The number of carboxylic acids is 1. The van der Waals surface area contributed by atoms with Crippen molar-refractivity contribution in [1.82, 2.24) is 37.2 Å². The molecular weight excluding hydrogens is 903 g/mol. The Morgan fingerprint density at radius 3 is 1.47 bits per heavy atom. The predicted octanol–water partition coefficient (Wildman–Crippen LogP) is -4.63. The minimum absolute atomic E-state index is 0.0389. The Kier molecular flexibility index (Phi) is 26.8. The maximum atomic E-state index is 13.7. The molecule has 68 heavy (non-hydrogen) atoms. The molecule has 1 aliphatic rings. The molecule has 26 nitrogen and oxygen atoms in total.